The van der Waals surface area contributed by atoms with Gasteiger partial charge in [0.15, 0.2) is 0 Å². The molecule has 2 fully saturated rings. The van der Waals surface area contributed by atoms with Crippen molar-refractivity contribution in [1.82, 2.24) is 4.90 Å². The average Bonchev–Trinajstić information content (AvgIpc) is 2.66. The zero-order valence-electron chi connectivity index (χ0n) is 13.2. The van der Waals surface area contributed by atoms with Gasteiger partial charge in [-0.2, -0.15) is 0 Å². The first-order chi connectivity index (χ1) is 9.19. The van der Waals surface area contributed by atoms with E-state index >= 15 is 0 Å². The fourth-order valence-corrected chi connectivity index (χ4v) is 4.14. The number of nitrogens with two attached hydrogens (primary N) is 1. The molecule has 2 nitrogen and oxygen atoms in total. The summed E-state index contributed by atoms with van der Waals surface area (Å²) in [4.78, 5) is 2.80. The normalized spacial score (nSPS) is 38.1. The Balaban J connectivity index is 1.99. The predicted octanol–water partition coefficient (Wildman–Crippen LogP) is 3.80. The number of nitrogens with zero attached hydrogens (tertiary/aromatic N) is 1. The zero-order valence-corrected chi connectivity index (χ0v) is 13.2. The lowest BCUT2D eigenvalue weighted by Crippen LogP contribution is -2.48. The van der Waals surface area contributed by atoms with E-state index in [1.807, 2.05) is 0 Å². The average molecular weight is 266 g/mol. The van der Waals surface area contributed by atoms with E-state index in [0.717, 1.165) is 18.5 Å². The molecule has 1 unspecified atom stereocenters. The molecule has 0 spiro atoms. The largest absolute Gasteiger partial charge is 0.330 e. The van der Waals surface area contributed by atoms with Gasteiger partial charge < -0.3 is 5.73 Å². The van der Waals surface area contributed by atoms with Crippen molar-refractivity contribution in [2.24, 2.45) is 17.1 Å². The second-order valence-electron chi connectivity index (χ2n) is 7.27. The van der Waals surface area contributed by atoms with Crippen LogP contribution in [0, 0.1) is 11.3 Å². The first-order valence-electron chi connectivity index (χ1n) is 8.63. The lowest BCUT2D eigenvalue weighted by molar-refractivity contribution is 0.0693. The van der Waals surface area contributed by atoms with Gasteiger partial charge in [0.05, 0.1) is 0 Å². The third kappa shape index (κ3) is 3.95. The predicted molar refractivity (Wildman–Crippen MR) is 83.2 cm³/mol. The molecule has 2 heteroatoms. The Kier molecular flexibility index (Phi) is 5.70. The molecule has 0 radical (unpaired) electrons. The maximum atomic E-state index is 6.20. The van der Waals surface area contributed by atoms with Crippen molar-refractivity contribution in [1.29, 1.82) is 0 Å². The van der Waals surface area contributed by atoms with Gasteiger partial charge in [-0.15, -0.1) is 0 Å². The lowest BCUT2D eigenvalue weighted by Gasteiger charge is -2.44. The molecule has 1 saturated carbocycles. The smallest absolute Gasteiger partial charge is 0.00928 e. The molecule has 112 valence electrons. The van der Waals surface area contributed by atoms with E-state index in [-0.39, 0.29) is 0 Å². The Morgan fingerprint density at radius 2 is 1.84 bits per heavy atom. The van der Waals surface area contributed by atoms with Gasteiger partial charge in [-0.05, 0) is 56.5 Å². The minimum atomic E-state index is 0.435. The minimum Gasteiger partial charge on any atom is -0.330 e. The fourth-order valence-electron chi connectivity index (χ4n) is 4.14. The van der Waals surface area contributed by atoms with E-state index in [4.69, 9.17) is 5.73 Å². The highest BCUT2D eigenvalue weighted by atomic mass is 15.2. The Labute approximate surface area is 120 Å². The van der Waals surface area contributed by atoms with Crippen LogP contribution in [0.2, 0.25) is 0 Å². The summed E-state index contributed by atoms with van der Waals surface area (Å²) >= 11 is 0. The molecule has 0 aromatic rings. The molecule has 1 aliphatic heterocycles. The standard InChI is InChI=1S/C17H34N2/c1-3-16-7-5-4-6-12-19(16)14-17(13-18)10-8-15(2)9-11-17/h15-16H,3-14,18H2,1-2H3. The van der Waals surface area contributed by atoms with Gasteiger partial charge in [0, 0.05) is 12.6 Å². The molecule has 2 aliphatic rings. The maximum absolute atomic E-state index is 6.20. The molecule has 1 atom stereocenters. The van der Waals surface area contributed by atoms with Gasteiger partial charge in [-0.3, -0.25) is 4.90 Å². The number of likely N-dealkylation sites (tertiary alicyclic amines) is 1. The third-order valence-electron chi connectivity index (χ3n) is 5.78. The SMILES string of the molecule is CCC1CCCCCN1CC1(CN)CCC(C)CC1. The molecule has 0 aromatic carbocycles. The van der Waals surface area contributed by atoms with Crippen molar-refractivity contribution >= 4 is 0 Å². The second kappa shape index (κ2) is 7.08. The Morgan fingerprint density at radius 3 is 2.47 bits per heavy atom. The topological polar surface area (TPSA) is 29.3 Å². The van der Waals surface area contributed by atoms with Crippen molar-refractivity contribution in [3.05, 3.63) is 0 Å². The molecular weight excluding hydrogens is 232 g/mol. The highest BCUT2D eigenvalue weighted by molar-refractivity contribution is 4.90. The van der Waals surface area contributed by atoms with E-state index in [2.05, 4.69) is 18.7 Å². The first-order valence-corrected chi connectivity index (χ1v) is 8.63. The molecule has 1 aliphatic carbocycles. The van der Waals surface area contributed by atoms with Crippen LogP contribution < -0.4 is 5.73 Å². The second-order valence-corrected chi connectivity index (χ2v) is 7.27. The Morgan fingerprint density at radius 1 is 1.11 bits per heavy atom. The molecule has 2 rings (SSSR count). The highest BCUT2D eigenvalue weighted by Gasteiger charge is 2.36. The Bertz CT molecular complexity index is 256. The minimum absolute atomic E-state index is 0.435. The van der Waals surface area contributed by atoms with Crippen molar-refractivity contribution in [3.8, 4) is 0 Å². The summed E-state index contributed by atoms with van der Waals surface area (Å²) in [7, 11) is 0. The van der Waals surface area contributed by atoms with Crippen LogP contribution in [0.3, 0.4) is 0 Å². The van der Waals surface area contributed by atoms with E-state index < -0.39 is 0 Å². The summed E-state index contributed by atoms with van der Waals surface area (Å²) in [5.41, 5.74) is 6.63. The monoisotopic (exact) mass is 266 g/mol. The van der Waals surface area contributed by atoms with Gasteiger partial charge >= 0.3 is 0 Å². The van der Waals surface area contributed by atoms with Crippen LogP contribution >= 0.6 is 0 Å². The van der Waals surface area contributed by atoms with Crippen LogP contribution in [0.1, 0.15) is 71.6 Å². The number of rotatable bonds is 4. The van der Waals surface area contributed by atoms with E-state index in [9.17, 15) is 0 Å². The van der Waals surface area contributed by atoms with Crippen molar-refractivity contribution < 1.29 is 0 Å². The van der Waals surface area contributed by atoms with Crippen molar-refractivity contribution in [2.75, 3.05) is 19.6 Å². The van der Waals surface area contributed by atoms with Gasteiger partial charge in [-0.1, -0.05) is 39.5 Å². The van der Waals surface area contributed by atoms with Crippen LogP contribution in [0.25, 0.3) is 0 Å². The maximum Gasteiger partial charge on any atom is 0.00928 e. The molecule has 0 bridgehead atoms. The molecular formula is C17H34N2. The van der Waals surface area contributed by atoms with Crippen molar-refractivity contribution in [3.63, 3.8) is 0 Å². The summed E-state index contributed by atoms with van der Waals surface area (Å²) in [5, 5.41) is 0. The zero-order chi connectivity index (χ0) is 13.7. The van der Waals surface area contributed by atoms with Crippen LogP contribution in [0.15, 0.2) is 0 Å². The van der Waals surface area contributed by atoms with E-state index in [1.165, 1.54) is 70.9 Å². The van der Waals surface area contributed by atoms with Crippen molar-refractivity contribution in [2.45, 2.75) is 77.7 Å². The van der Waals surface area contributed by atoms with Crippen LogP contribution in [-0.4, -0.2) is 30.6 Å². The van der Waals surface area contributed by atoms with E-state index in [0.29, 0.717) is 5.41 Å². The summed E-state index contributed by atoms with van der Waals surface area (Å²) in [6.45, 7) is 8.25. The third-order valence-corrected chi connectivity index (χ3v) is 5.78. The highest BCUT2D eigenvalue weighted by Crippen LogP contribution is 2.39. The molecule has 0 aromatic heterocycles. The summed E-state index contributed by atoms with van der Waals surface area (Å²) < 4.78 is 0. The van der Waals surface area contributed by atoms with Crippen LogP contribution in [0.4, 0.5) is 0 Å². The van der Waals surface area contributed by atoms with E-state index in [1.54, 1.807) is 0 Å². The quantitative estimate of drug-likeness (QED) is 0.838. The fraction of sp³-hybridized carbons (Fsp3) is 1.00. The molecule has 0 amide bonds. The summed E-state index contributed by atoms with van der Waals surface area (Å²) in [6.07, 6.45) is 12.5. The first kappa shape index (κ1) is 15.3. The lowest BCUT2D eigenvalue weighted by atomic mass is 9.70. The Hall–Kier alpha value is -0.0800. The number of hydrogen-bond acceptors (Lipinski definition) is 2. The molecule has 1 saturated heterocycles. The molecule has 1 heterocycles. The van der Waals surface area contributed by atoms with Gasteiger partial charge in [0.25, 0.3) is 0 Å². The summed E-state index contributed by atoms with van der Waals surface area (Å²) in [6, 6.07) is 0.824. The van der Waals surface area contributed by atoms with Gasteiger partial charge in [-0.25, -0.2) is 0 Å². The molecule has 2 N–H and O–H groups in total. The summed E-state index contributed by atoms with van der Waals surface area (Å²) in [5.74, 6) is 0.922. The van der Waals surface area contributed by atoms with Crippen LogP contribution in [-0.2, 0) is 0 Å². The van der Waals surface area contributed by atoms with Crippen LogP contribution in [0.5, 0.6) is 0 Å². The number of hydrogen-bond donors (Lipinski definition) is 1. The van der Waals surface area contributed by atoms with Gasteiger partial charge in [0.1, 0.15) is 0 Å². The molecule has 19 heavy (non-hydrogen) atoms. The van der Waals surface area contributed by atoms with Gasteiger partial charge in [0.2, 0.25) is 0 Å².